The minimum atomic E-state index is -2.42. The highest BCUT2D eigenvalue weighted by Crippen LogP contribution is 2.37. The Morgan fingerprint density at radius 1 is 1.38 bits per heavy atom. The van der Waals surface area contributed by atoms with Gasteiger partial charge < -0.3 is 5.11 Å². The molecular formula is C10H18F2O. The van der Waals surface area contributed by atoms with E-state index in [9.17, 15) is 8.78 Å². The van der Waals surface area contributed by atoms with Crippen molar-refractivity contribution < 1.29 is 13.9 Å². The standard InChI is InChI=1S/C10H18F2O/c1-8(13)2-3-9-4-6-10(11,12)7-5-9/h8-9,13H,2-7H2,1H3. The van der Waals surface area contributed by atoms with E-state index in [0.29, 0.717) is 18.8 Å². The second-order valence-electron chi connectivity index (χ2n) is 4.23. The highest BCUT2D eigenvalue weighted by Gasteiger charge is 2.34. The van der Waals surface area contributed by atoms with Gasteiger partial charge in [-0.2, -0.15) is 0 Å². The van der Waals surface area contributed by atoms with Crippen molar-refractivity contribution in [3.8, 4) is 0 Å². The predicted octanol–water partition coefficient (Wildman–Crippen LogP) is 2.97. The smallest absolute Gasteiger partial charge is 0.248 e. The van der Waals surface area contributed by atoms with E-state index >= 15 is 0 Å². The van der Waals surface area contributed by atoms with E-state index in [1.165, 1.54) is 0 Å². The van der Waals surface area contributed by atoms with Crippen molar-refractivity contribution in [2.45, 2.75) is 57.5 Å². The average Bonchev–Trinajstić information content (AvgIpc) is 2.02. The van der Waals surface area contributed by atoms with Gasteiger partial charge in [0.1, 0.15) is 0 Å². The second kappa shape index (κ2) is 4.36. The van der Waals surface area contributed by atoms with Crippen molar-refractivity contribution in [1.29, 1.82) is 0 Å². The van der Waals surface area contributed by atoms with Crippen LogP contribution < -0.4 is 0 Å². The Labute approximate surface area is 78.1 Å². The molecule has 1 saturated carbocycles. The Morgan fingerprint density at radius 2 is 1.92 bits per heavy atom. The molecule has 0 aliphatic heterocycles. The molecule has 0 amide bonds. The molecule has 1 nitrogen and oxygen atoms in total. The molecule has 1 aliphatic carbocycles. The Bertz CT molecular complexity index is 144. The highest BCUT2D eigenvalue weighted by molar-refractivity contribution is 4.77. The van der Waals surface area contributed by atoms with Crippen LogP contribution in [0, 0.1) is 5.92 Å². The van der Waals surface area contributed by atoms with Crippen LogP contribution >= 0.6 is 0 Å². The number of alkyl halides is 2. The van der Waals surface area contributed by atoms with Crippen LogP contribution in [0.15, 0.2) is 0 Å². The van der Waals surface area contributed by atoms with E-state index in [4.69, 9.17) is 5.11 Å². The Balaban J connectivity index is 2.18. The third kappa shape index (κ3) is 4.03. The number of aliphatic hydroxyl groups excluding tert-OH is 1. The summed E-state index contributed by atoms with van der Waals surface area (Å²) in [5.41, 5.74) is 0. The van der Waals surface area contributed by atoms with Gasteiger partial charge in [-0.3, -0.25) is 0 Å². The maximum Gasteiger partial charge on any atom is 0.248 e. The van der Waals surface area contributed by atoms with Crippen molar-refractivity contribution in [1.82, 2.24) is 0 Å². The molecule has 0 saturated heterocycles. The quantitative estimate of drug-likeness (QED) is 0.728. The highest BCUT2D eigenvalue weighted by atomic mass is 19.3. The minimum Gasteiger partial charge on any atom is -0.393 e. The fourth-order valence-corrected chi connectivity index (χ4v) is 1.87. The zero-order valence-corrected chi connectivity index (χ0v) is 8.10. The lowest BCUT2D eigenvalue weighted by atomic mass is 9.83. The van der Waals surface area contributed by atoms with Gasteiger partial charge in [-0.25, -0.2) is 8.78 Å². The monoisotopic (exact) mass is 192 g/mol. The first-order valence-corrected chi connectivity index (χ1v) is 5.05. The number of hydrogen-bond acceptors (Lipinski definition) is 1. The van der Waals surface area contributed by atoms with Gasteiger partial charge >= 0.3 is 0 Å². The van der Waals surface area contributed by atoms with Gasteiger partial charge in [0.25, 0.3) is 0 Å². The molecule has 0 aromatic carbocycles. The van der Waals surface area contributed by atoms with Gasteiger partial charge in [0.05, 0.1) is 6.10 Å². The van der Waals surface area contributed by atoms with Crippen LogP contribution in [0.4, 0.5) is 8.78 Å². The number of rotatable bonds is 3. The van der Waals surface area contributed by atoms with Gasteiger partial charge in [0, 0.05) is 12.8 Å². The predicted molar refractivity (Wildman–Crippen MR) is 47.8 cm³/mol. The summed E-state index contributed by atoms with van der Waals surface area (Å²) in [6.45, 7) is 1.75. The molecule has 78 valence electrons. The molecule has 1 N–H and O–H groups in total. The van der Waals surface area contributed by atoms with Crippen LogP contribution in [0.3, 0.4) is 0 Å². The van der Waals surface area contributed by atoms with Gasteiger partial charge in [0.2, 0.25) is 5.92 Å². The van der Waals surface area contributed by atoms with Crippen molar-refractivity contribution in [2.24, 2.45) is 5.92 Å². The first kappa shape index (κ1) is 10.9. The van der Waals surface area contributed by atoms with Gasteiger partial charge in [-0.15, -0.1) is 0 Å². The van der Waals surface area contributed by atoms with E-state index in [2.05, 4.69) is 0 Å². The molecule has 3 heteroatoms. The zero-order chi connectivity index (χ0) is 9.90. The SMILES string of the molecule is CC(O)CCC1CCC(F)(F)CC1. The lowest BCUT2D eigenvalue weighted by Gasteiger charge is -2.28. The Kier molecular flexibility index (Phi) is 3.65. The summed E-state index contributed by atoms with van der Waals surface area (Å²) in [5, 5.41) is 9.04. The van der Waals surface area contributed by atoms with Gasteiger partial charge in [-0.1, -0.05) is 0 Å². The van der Waals surface area contributed by atoms with Crippen LogP contribution in [0.25, 0.3) is 0 Å². The van der Waals surface area contributed by atoms with E-state index in [0.717, 1.165) is 12.8 Å². The molecule has 13 heavy (non-hydrogen) atoms. The number of aliphatic hydroxyl groups is 1. The molecule has 0 heterocycles. The van der Waals surface area contributed by atoms with Crippen LogP contribution in [0.1, 0.15) is 45.4 Å². The van der Waals surface area contributed by atoms with Crippen molar-refractivity contribution in [2.75, 3.05) is 0 Å². The van der Waals surface area contributed by atoms with E-state index in [1.807, 2.05) is 0 Å². The van der Waals surface area contributed by atoms with E-state index < -0.39 is 5.92 Å². The summed E-state index contributed by atoms with van der Waals surface area (Å²) in [6, 6.07) is 0. The maximum absolute atomic E-state index is 12.7. The van der Waals surface area contributed by atoms with Crippen LogP contribution in [-0.4, -0.2) is 17.1 Å². The van der Waals surface area contributed by atoms with Crippen LogP contribution in [0.2, 0.25) is 0 Å². The first-order chi connectivity index (χ1) is 5.99. The summed E-state index contributed by atoms with van der Waals surface area (Å²) in [7, 11) is 0. The number of hydrogen-bond donors (Lipinski definition) is 1. The van der Waals surface area contributed by atoms with Crippen molar-refractivity contribution >= 4 is 0 Å². The molecule has 0 spiro atoms. The maximum atomic E-state index is 12.7. The van der Waals surface area contributed by atoms with Crippen LogP contribution in [-0.2, 0) is 0 Å². The van der Waals surface area contributed by atoms with Crippen molar-refractivity contribution in [3.63, 3.8) is 0 Å². The summed E-state index contributed by atoms with van der Waals surface area (Å²) in [5.74, 6) is -2.00. The third-order valence-electron chi connectivity index (χ3n) is 2.83. The summed E-state index contributed by atoms with van der Waals surface area (Å²) >= 11 is 0. The Morgan fingerprint density at radius 3 is 2.38 bits per heavy atom. The fourth-order valence-electron chi connectivity index (χ4n) is 1.87. The normalized spacial score (nSPS) is 25.8. The zero-order valence-electron chi connectivity index (χ0n) is 8.10. The summed E-state index contributed by atoms with van der Waals surface area (Å²) in [4.78, 5) is 0. The molecule has 0 bridgehead atoms. The minimum absolute atomic E-state index is 0.0392. The van der Waals surface area contributed by atoms with Gasteiger partial charge in [0.15, 0.2) is 0 Å². The molecule has 0 aromatic rings. The Hall–Kier alpha value is -0.180. The average molecular weight is 192 g/mol. The molecular weight excluding hydrogens is 174 g/mol. The van der Waals surface area contributed by atoms with Crippen molar-refractivity contribution in [3.05, 3.63) is 0 Å². The lowest BCUT2D eigenvalue weighted by molar-refractivity contribution is -0.0473. The molecule has 1 atom stereocenters. The topological polar surface area (TPSA) is 20.2 Å². The van der Waals surface area contributed by atoms with E-state index in [-0.39, 0.29) is 18.9 Å². The largest absolute Gasteiger partial charge is 0.393 e. The summed E-state index contributed by atoms with van der Waals surface area (Å²) < 4.78 is 25.5. The molecule has 1 unspecified atom stereocenters. The molecule has 1 rings (SSSR count). The van der Waals surface area contributed by atoms with E-state index in [1.54, 1.807) is 6.92 Å². The molecule has 1 fully saturated rings. The molecule has 0 aromatic heterocycles. The molecule has 0 radical (unpaired) electrons. The lowest BCUT2D eigenvalue weighted by Crippen LogP contribution is -2.24. The third-order valence-corrected chi connectivity index (χ3v) is 2.83. The summed E-state index contributed by atoms with van der Waals surface area (Å²) in [6.07, 6.45) is 2.68. The number of halogens is 2. The second-order valence-corrected chi connectivity index (χ2v) is 4.23. The first-order valence-electron chi connectivity index (χ1n) is 5.05. The molecule has 1 aliphatic rings. The fraction of sp³-hybridized carbons (Fsp3) is 1.00. The van der Waals surface area contributed by atoms with Crippen LogP contribution in [0.5, 0.6) is 0 Å². The van der Waals surface area contributed by atoms with Gasteiger partial charge in [-0.05, 0) is 38.5 Å².